The van der Waals surface area contributed by atoms with Gasteiger partial charge in [0.25, 0.3) is 5.91 Å². The van der Waals surface area contributed by atoms with Gasteiger partial charge < -0.3 is 11.1 Å². The minimum absolute atomic E-state index is 0.0403. The van der Waals surface area contributed by atoms with E-state index in [0.717, 1.165) is 19.5 Å². The van der Waals surface area contributed by atoms with Gasteiger partial charge in [0.2, 0.25) is 0 Å². The van der Waals surface area contributed by atoms with Crippen LogP contribution in [0.15, 0.2) is 35.7 Å². The standard InChI is InChI=1S/C17H21N3OS/c1-12-16-13(7-11-22-16)6-9-20(12)10-8-19-17(21)14-2-4-15(18)5-3-14/h2-5,7,11-12H,6,8-10,18H2,1H3,(H,19,21). The van der Waals surface area contributed by atoms with Crippen LogP contribution in [0, 0.1) is 0 Å². The highest BCUT2D eigenvalue weighted by Crippen LogP contribution is 2.32. The van der Waals surface area contributed by atoms with Crippen molar-refractivity contribution in [1.82, 2.24) is 10.2 Å². The van der Waals surface area contributed by atoms with Crippen LogP contribution < -0.4 is 11.1 Å². The summed E-state index contributed by atoms with van der Waals surface area (Å²) in [5.41, 5.74) is 8.44. The number of hydrogen-bond donors (Lipinski definition) is 2. The van der Waals surface area contributed by atoms with E-state index < -0.39 is 0 Å². The van der Waals surface area contributed by atoms with Gasteiger partial charge in [0.15, 0.2) is 0 Å². The van der Waals surface area contributed by atoms with Crippen molar-refractivity contribution in [3.8, 4) is 0 Å². The number of nitrogens with two attached hydrogens (primary N) is 1. The van der Waals surface area contributed by atoms with Crippen LogP contribution in [0.25, 0.3) is 0 Å². The van der Waals surface area contributed by atoms with Crippen molar-refractivity contribution in [1.29, 1.82) is 0 Å². The van der Waals surface area contributed by atoms with E-state index in [-0.39, 0.29) is 5.91 Å². The van der Waals surface area contributed by atoms with E-state index >= 15 is 0 Å². The molecule has 1 aliphatic rings. The number of rotatable bonds is 4. The summed E-state index contributed by atoms with van der Waals surface area (Å²) in [5, 5.41) is 5.16. The number of carbonyl (C=O) groups is 1. The molecular formula is C17H21N3OS. The maximum Gasteiger partial charge on any atom is 0.251 e. The van der Waals surface area contributed by atoms with Gasteiger partial charge in [-0.15, -0.1) is 11.3 Å². The molecule has 0 fully saturated rings. The average molecular weight is 315 g/mol. The first-order chi connectivity index (χ1) is 10.6. The third kappa shape index (κ3) is 3.15. The molecule has 1 unspecified atom stereocenters. The van der Waals surface area contributed by atoms with Gasteiger partial charge in [-0.1, -0.05) is 0 Å². The predicted molar refractivity (Wildman–Crippen MR) is 91.2 cm³/mol. The fraction of sp³-hybridized carbons (Fsp3) is 0.353. The van der Waals surface area contributed by atoms with Gasteiger partial charge in [0.05, 0.1) is 0 Å². The number of thiophene rings is 1. The smallest absolute Gasteiger partial charge is 0.251 e. The maximum atomic E-state index is 12.1. The number of nitrogen functional groups attached to an aromatic ring is 1. The molecule has 2 aromatic rings. The molecule has 0 spiro atoms. The van der Waals surface area contributed by atoms with Gasteiger partial charge in [-0.25, -0.2) is 0 Å². The first-order valence-electron chi connectivity index (χ1n) is 7.59. The lowest BCUT2D eigenvalue weighted by atomic mass is 10.0. The zero-order chi connectivity index (χ0) is 15.5. The highest BCUT2D eigenvalue weighted by atomic mass is 32.1. The molecule has 1 atom stereocenters. The Kier molecular flexibility index (Phi) is 4.45. The van der Waals surface area contributed by atoms with Crippen LogP contribution in [0.4, 0.5) is 5.69 Å². The Morgan fingerprint density at radius 3 is 2.91 bits per heavy atom. The van der Waals surface area contributed by atoms with E-state index in [9.17, 15) is 4.79 Å². The van der Waals surface area contributed by atoms with E-state index in [1.807, 2.05) is 11.3 Å². The number of benzene rings is 1. The molecule has 3 rings (SSSR count). The Morgan fingerprint density at radius 1 is 1.36 bits per heavy atom. The molecule has 0 saturated carbocycles. The lowest BCUT2D eigenvalue weighted by molar-refractivity contribution is 0.0943. The molecule has 0 bridgehead atoms. The largest absolute Gasteiger partial charge is 0.399 e. The van der Waals surface area contributed by atoms with Gasteiger partial charge in [-0.05, 0) is 54.6 Å². The Hall–Kier alpha value is -1.85. The summed E-state index contributed by atoms with van der Waals surface area (Å²) in [5.74, 6) is -0.0403. The maximum absolute atomic E-state index is 12.1. The molecule has 1 amide bonds. The van der Waals surface area contributed by atoms with E-state index in [1.165, 1.54) is 10.4 Å². The molecular weight excluding hydrogens is 294 g/mol. The van der Waals surface area contributed by atoms with E-state index in [1.54, 1.807) is 24.3 Å². The van der Waals surface area contributed by atoms with E-state index in [4.69, 9.17) is 5.73 Å². The summed E-state index contributed by atoms with van der Waals surface area (Å²) < 4.78 is 0. The van der Waals surface area contributed by atoms with Gasteiger partial charge >= 0.3 is 0 Å². The van der Waals surface area contributed by atoms with Crippen molar-refractivity contribution in [2.45, 2.75) is 19.4 Å². The minimum atomic E-state index is -0.0403. The summed E-state index contributed by atoms with van der Waals surface area (Å²) in [4.78, 5) is 16.0. The second-order valence-corrected chi connectivity index (χ2v) is 6.60. The molecule has 116 valence electrons. The number of nitrogens with one attached hydrogen (secondary N) is 1. The van der Waals surface area contributed by atoms with Gasteiger partial charge in [0.1, 0.15) is 0 Å². The number of amides is 1. The van der Waals surface area contributed by atoms with Crippen molar-refractivity contribution >= 4 is 22.9 Å². The summed E-state index contributed by atoms with van der Waals surface area (Å²) in [7, 11) is 0. The van der Waals surface area contributed by atoms with Crippen molar-refractivity contribution < 1.29 is 4.79 Å². The number of carbonyl (C=O) groups excluding carboxylic acids is 1. The molecule has 2 heterocycles. The van der Waals surface area contributed by atoms with Crippen LogP contribution in [-0.4, -0.2) is 30.4 Å². The summed E-state index contributed by atoms with van der Waals surface area (Å²) >= 11 is 1.83. The Labute approximate surface area is 134 Å². The third-order valence-electron chi connectivity index (χ3n) is 4.23. The SMILES string of the molecule is CC1c2sccc2CCN1CCNC(=O)c1ccc(N)cc1. The molecule has 1 aromatic carbocycles. The topological polar surface area (TPSA) is 58.4 Å². The molecule has 1 aliphatic heterocycles. The molecule has 3 N–H and O–H groups in total. The number of fused-ring (bicyclic) bond motifs is 1. The second kappa shape index (κ2) is 6.50. The van der Waals surface area contributed by atoms with Crippen LogP contribution in [0.2, 0.25) is 0 Å². The lowest BCUT2D eigenvalue weighted by Gasteiger charge is -2.33. The number of anilines is 1. The first kappa shape index (κ1) is 15.1. The fourth-order valence-electron chi connectivity index (χ4n) is 2.90. The van der Waals surface area contributed by atoms with Crippen molar-refractivity contribution in [2.24, 2.45) is 0 Å². The van der Waals surface area contributed by atoms with Crippen molar-refractivity contribution in [3.05, 3.63) is 51.7 Å². The minimum Gasteiger partial charge on any atom is -0.399 e. The van der Waals surface area contributed by atoms with Gasteiger partial charge in [-0.3, -0.25) is 9.69 Å². The molecule has 4 nitrogen and oxygen atoms in total. The quantitative estimate of drug-likeness (QED) is 0.853. The zero-order valence-corrected chi connectivity index (χ0v) is 13.5. The van der Waals surface area contributed by atoms with Crippen LogP contribution in [0.1, 0.15) is 33.8 Å². The highest BCUT2D eigenvalue weighted by Gasteiger charge is 2.24. The molecule has 0 aliphatic carbocycles. The van der Waals surface area contributed by atoms with E-state index in [2.05, 4.69) is 28.6 Å². The van der Waals surface area contributed by atoms with E-state index in [0.29, 0.717) is 23.8 Å². The van der Waals surface area contributed by atoms with Gasteiger partial charge in [0, 0.05) is 41.8 Å². The summed E-state index contributed by atoms with van der Waals surface area (Å²) in [6.45, 7) is 4.84. The number of nitrogens with zero attached hydrogens (tertiary/aromatic N) is 1. The molecule has 22 heavy (non-hydrogen) atoms. The predicted octanol–water partition coefficient (Wildman–Crippen LogP) is 2.68. The fourth-order valence-corrected chi connectivity index (χ4v) is 3.95. The molecule has 5 heteroatoms. The van der Waals surface area contributed by atoms with Crippen LogP contribution in [0.5, 0.6) is 0 Å². The van der Waals surface area contributed by atoms with Crippen LogP contribution in [0.3, 0.4) is 0 Å². The molecule has 1 aromatic heterocycles. The second-order valence-electron chi connectivity index (χ2n) is 5.65. The Balaban J connectivity index is 1.51. The van der Waals surface area contributed by atoms with Crippen LogP contribution >= 0.6 is 11.3 Å². The van der Waals surface area contributed by atoms with Crippen molar-refractivity contribution in [2.75, 3.05) is 25.4 Å². The van der Waals surface area contributed by atoms with Gasteiger partial charge in [-0.2, -0.15) is 0 Å². The summed E-state index contributed by atoms with van der Waals surface area (Å²) in [6, 6.07) is 9.69. The van der Waals surface area contributed by atoms with Crippen molar-refractivity contribution in [3.63, 3.8) is 0 Å². The zero-order valence-electron chi connectivity index (χ0n) is 12.7. The third-order valence-corrected chi connectivity index (χ3v) is 5.36. The number of hydrogen-bond acceptors (Lipinski definition) is 4. The van der Waals surface area contributed by atoms with Crippen LogP contribution in [-0.2, 0) is 6.42 Å². The normalized spacial score (nSPS) is 18.0. The lowest BCUT2D eigenvalue weighted by Crippen LogP contribution is -2.39. The highest BCUT2D eigenvalue weighted by molar-refractivity contribution is 7.10. The first-order valence-corrected chi connectivity index (χ1v) is 8.47. The molecule has 0 saturated heterocycles. The molecule has 0 radical (unpaired) electrons. The Morgan fingerprint density at radius 2 is 2.14 bits per heavy atom. The Bertz CT molecular complexity index is 650. The summed E-state index contributed by atoms with van der Waals surface area (Å²) in [6.07, 6.45) is 1.11. The monoisotopic (exact) mass is 315 g/mol. The average Bonchev–Trinajstić information content (AvgIpc) is 2.99.